The van der Waals surface area contributed by atoms with Crippen molar-refractivity contribution in [2.45, 2.75) is 32.2 Å². The lowest BCUT2D eigenvalue weighted by Gasteiger charge is -2.19. The van der Waals surface area contributed by atoms with E-state index in [1.165, 1.54) is 17.5 Å². The van der Waals surface area contributed by atoms with Crippen molar-refractivity contribution in [3.8, 4) is 0 Å². The topological polar surface area (TPSA) is 12.0 Å². The maximum Gasteiger partial charge on any atom is 0.131 e. The van der Waals surface area contributed by atoms with Gasteiger partial charge in [0.15, 0.2) is 0 Å². The molecule has 0 aromatic heterocycles. The Morgan fingerprint density at radius 3 is 2.52 bits per heavy atom. The largest absolute Gasteiger partial charge is 0.309 e. The molecular weight excluding hydrogens is 268 g/mol. The molecule has 1 aliphatic carbocycles. The van der Waals surface area contributed by atoms with E-state index in [1.807, 2.05) is 6.07 Å². The van der Waals surface area contributed by atoms with Crippen LogP contribution in [0.5, 0.6) is 0 Å². The third-order valence-electron chi connectivity index (χ3n) is 4.33. The molecule has 110 valence electrons. The van der Waals surface area contributed by atoms with Gasteiger partial charge in [0.25, 0.3) is 0 Å². The fraction of sp³-hybridized carbons (Fsp3) is 0.333. The van der Waals surface area contributed by atoms with Crippen LogP contribution >= 0.6 is 0 Å². The molecule has 0 fully saturated rings. The summed E-state index contributed by atoms with van der Waals surface area (Å²) in [7, 11) is 1.80. The van der Waals surface area contributed by atoms with Crippen LogP contribution in [0.4, 0.5) is 8.78 Å². The molecule has 0 radical (unpaired) electrons. The standard InChI is InChI=1S/C18H19F2N/c1-11-8-15(17(20)10-16(11)19)18(21-2)14-7-6-12-4-3-5-13(12)9-14/h6-10,18,21H,3-5H2,1-2H3. The predicted molar refractivity (Wildman–Crippen MR) is 80.5 cm³/mol. The van der Waals surface area contributed by atoms with Crippen LogP contribution in [0, 0.1) is 18.6 Å². The first-order chi connectivity index (χ1) is 10.1. The number of hydrogen-bond donors (Lipinski definition) is 1. The molecule has 0 saturated carbocycles. The molecule has 0 amide bonds. The molecule has 1 nitrogen and oxygen atoms in total. The number of halogens is 2. The van der Waals surface area contributed by atoms with Crippen molar-refractivity contribution < 1.29 is 8.78 Å². The summed E-state index contributed by atoms with van der Waals surface area (Å²) in [6, 6.07) is 8.65. The summed E-state index contributed by atoms with van der Waals surface area (Å²) in [6.45, 7) is 1.66. The predicted octanol–water partition coefficient (Wildman–Crippen LogP) is 4.07. The molecule has 2 aromatic carbocycles. The van der Waals surface area contributed by atoms with Crippen molar-refractivity contribution in [2.24, 2.45) is 0 Å². The zero-order valence-corrected chi connectivity index (χ0v) is 12.3. The van der Waals surface area contributed by atoms with Crippen LogP contribution in [0.2, 0.25) is 0 Å². The van der Waals surface area contributed by atoms with E-state index in [2.05, 4.69) is 17.4 Å². The van der Waals surface area contributed by atoms with E-state index < -0.39 is 11.6 Å². The Hall–Kier alpha value is -1.74. The molecule has 0 aliphatic heterocycles. The average Bonchev–Trinajstić information content (AvgIpc) is 2.92. The smallest absolute Gasteiger partial charge is 0.131 e. The van der Waals surface area contributed by atoms with Gasteiger partial charge in [0, 0.05) is 11.6 Å². The summed E-state index contributed by atoms with van der Waals surface area (Å²) >= 11 is 0. The second-order valence-corrected chi connectivity index (χ2v) is 5.73. The second kappa shape index (κ2) is 5.57. The van der Waals surface area contributed by atoms with E-state index in [1.54, 1.807) is 20.0 Å². The van der Waals surface area contributed by atoms with Crippen LogP contribution in [-0.2, 0) is 12.8 Å². The van der Waals surface area contributed by atoms with Gasteiger partial charge in [0.05, 0.1) is 6.04 Å². The van der Waals surface area contributed by atoms with Crippen LogP contribution in [0.25, 0.3) is 0 Å². The van der Waals surface area contributed by atoms with E-state index >= 15 is 0 Å². The first-order valence-electron chi connectivity index (χ1n) is 7.34. The highest BCUT2D eigenvalue weighted by Gasteiger charge is 2.20. The van der Waals surface area contributed by atoms with Crippen molar-refractivity contribution in [3.63, 3.8) is 0 Å². The summed E-state index contributed by atoms with van der Waals surface area (Å²) in [5.74, 6) is -1.00. The zero-order valence-electron chi connectivity index (χ0n) is 12.3. The molecule has 1 N–H and O–H groups in total. The van der Waals surface area contributed by atoms with Gasteiger partial charge in [-0.2, -0.15) is 0 Å². The molecule has 0 saturated heterocycles. The van der Waals surface area contributed by atoms with Gasteiger partial charge >= 0.3 is 0 Å². The highest BCUT2D eigenvalue weighted by molar-refractivity contribution is 5.41. The quantitative estimate of drug-likeness (QED) is 0.897. The maximum absolute atomic E-state index is 14.1. The van der Waals surface area contributed by atoms with Gasteiger partial charge in [0.2, 0.25) is 0 Å². The Labute approximate surface area is 124 Å². The summed E-state index contributed by atoms with van der Waals surface area (Å²) in [5, 5.41) is 3.15. The molecule has 0 spiro atoms. The molecule has 3 heteroatoms. The molecule has 21 heavy (non-hydrogen) atoms. The van der Waals surface area contributed by atoms with Crippen molar-refractivity contribution in [2.75, 3.05) is 7.05 Å². The Morgan fingerprint density at radius 2 is 1.76 bits per heavy atom. The highest BCUT2D eigenvalue weighted by Crippen LogP contribution is 2.30. The van der Waals surface area contributed by atoms with Crippen LogP contribution in [0.15, 0.2) is 30.3 Å². The van der Waals surface area contributed by atoms with Crippen LogP contribution in [0.1, 0.15) is 40.3 Å². The minimum Gasteiger partial charge on any atom is -0.309 e. The Balaban J connectivity index is 2.04. The first-order valence-corrected chi connectivity index (χ1v) is 7.34. The van der Waals surface area contributed by atoms with Crippen molar-refractivity contribution in [1.82, 2.24) is 5.32 Å². The van der Waals surface area contributed by atoms with Gasteiger partial charge in [-0.1, -0.05) is 18.2 Å². The van der Waals surface area contributed by atoms with E-state index in [0.29, 0.717) is 11.1 Å². The Morgan fingerprint density at radius 1 is 1.00 bits per heavy atom. The molecule has 1 atom stereocenters. The molecule has 2 aromatic rings. The van der Waals surface area contributed by atoms with Gasteiger partial charge in [-0.05, 0) is 61.6 Å². The number of benzene rings is 2. The number of aryl methyl sites for hydroxylation is 3. The highest BCUT2D eigenvalue weighted by atomic mass is 19.1. The lowest BCUT2D eigenvalue weighted by atomic mass is 9.94. The normalized spacial score (nSPS) is 15.0. The Kier molecular flexibility index (Phi) is 3.77. The van der Waals surface area contributed by atoms with E-state index in [4.69, 9.17) is 0 Å². The van der Waals surface area contributed by atoms with Gasteiger partial charge in [-0.3, -0.25) is 0 Å². The van der Waals surface area contributed by atoms with Gasteiger partial charge in [0.1, 0.15) is 11.6 Å². The van der Waals surface area contributed by atoms with E-state index in [9.17, 15) is 8.78 Å². The summed E-state index contributed by atoms with van der Waals surface area (Å²) in [5.41, 5.74) is 4.74. The SMILES string of the molecule is CNC(c1ccc2c(c1)CCC2)c1cc(C)c(F)cc1F. The average molecular weight is 287 g/mol. The summed E-state index contributed by atoms with van der Waals surface area (Å²) in [4.78, 5) is 0. The first kappa shape index (κ1) is 14.2. The van der Waals surface area contributed by atoms with E-state index in [0.717, 1.165) is 24.5 Å². The zero-order chi connectivity index (χ0) is 15.0. The van der Waals surface area contributed by atoms with Gasteiger partial charge in [-0.15, -0.1) is 0 Å². The maximum atomic E-state index is 14.1. The molecular formula is C18H19F2N. The molecule has 1 aliphatic rings. The molecule has 1 unspecified atom stereocenters. The van der Waals surface area contributed by atoms with Crippen molar-refractivity contribution in [1.29, 1.82) is 0 Å². The Bertz CT molecular complexity index is 679. The lowest BCUT2D eigenvalue weighted by molar-refractivity contribution is 0.547. The lowest BCUT2D eigenvalue weighted by Crippen LogP contribution is -2.19. The minimum atomic E-state index is -0.502. The second-order valence-electron chi connectivity index (χ2n) is 5.73. The third kappa shape index (κ3) is 2.58. The summed E-state index contributed by atoms with van der Waals surface area (Å²) < 4.78 is 27.6. The number of hydrogen-bond acceptors (Lipinski definition) is 1. The van der Waals surface area contributed by atoms with E-state index in [-0.39, 0.29) is 6.04 Å². The van der Waals surface area contributed by atoms with Gasteiger partial charge < -0.3 is 5.32 Å². The van der Waals surface area contributed by atoms with Crippen molar-refractivity contribution in [3.05, 3.63) is 69.8 Å². The molecule has 0 heterocycles. The fourth-order valence-electron chi connectivity index (χ4n) is 3.17. The van der Waals surface area contributed by atoms with Crippen LogP contribution in [-0.4, -0.2) is 7.05 Å². The van der Waals surface area contributed by atoms with Crippen LogP contribution < -0.4 is 5.32 Å². The minimum absolute atomic E-state index is 0.254. The monoisotopic (exact) mass is 287 g/mol. The van der Waals surface area contributed by atoms with Crippen LogP contribution in [0.3, 0.4) is 0 Å². The number of rotatable bonds is 3. The fourth-order valence-corrected chi connectivity index (χ4v) is 3.17. The number of nitrogens with one attached hydrogen (secondary N) is 1. The molecule has 0 bridgehead atoms. The number of fused-ring (bicyclic) bond motifs is 1. The molecule has 3 rings (SSSR count). The van der Waals surface area contributed by atoms with Crippen molar-refractivity contribution >= 4 is 0 Å². The third-order valence-corrected chi connectivity index (χ3v) is 4.33. The van der Waals surface area contributed by atoms with Gasteiger partial charge in [-0.25, -0.2) is 8.78 Å². The summed E-state index contributed by atoms with van der Waals surface area (Å²) in [6.07, 6.45) is 3.40.